The van der Waals surface area contributed by atoms with Crippen LogP contribution in [0.5, 0.6) is 0 Å². The molecule has 0 heterocycles. The summed E-state index contributed by atoms with van der Waals surface area (Å²) < 4.78 is 38.0. The van der Waals surface area contributed by atoms with Gasteiger partial charge in [0, 0.05) is 17.3 Å². The van der Waals surface area contributed by atoms with Gasteiger partial charge in [0.05, 0.1) is 12.5 Å². The molecule has 0 aromatic heterocycles. The van der Waals surface area contributed by atoms with Crippen LogP contribution in [0.1, 0.15) is 32.6 Å². The van der Waals surface area contributed by atoms with E-state index in [0.29, 0.717) is 6.42 Å². The molecule has 0 aliphatic heterocycles. The van der Waals surface area contributed by atoms with Gasteiger partial charge in [-0.05, 0) is 32.4 Å². The van der Waals surface area contributed by atoms with E-state index in [-0.39, 0.29) is 36.8 Å². The van der Waals surface area contributed by atoms with Crippen molar-refractivity contribution in [3.05, 3.63) is 0 Å². The molecule has 2 nitrogen and oxygen atoms in total. The Bertz CT molecular complexity index is 246. The summed E-state index contributed by atoms with van der Waals surface area (Å²) in [7, 11) is 0. The minimum atomic E-state index is -4.07. The molecule has 0 amide bonds. The quantitative estimate of drug-likeness (QED) is 0.814. The average Bonchev–Trinajstić information content (AvgIpc) is 2.29. The van der Waals surface area contributed by atoms with Gasteiger partial charge in [-0.25, -0.2) is 0 Å². The number of hydrogen-bond donors (Lipinski definition) is 2. The number of rotatable bonds is 5. The number of nitrogens with one attached hydrogen (secondary N) is 1. The van der Waals surface area contributed by atoms with Gasteiger partial charge in [-0.3, -0.25) is 0 Å². The molecule has 1 rings (SSSR count). The molecule has 1 saturated carbocycles. The predicted molar refractivity (Wildman–Crippen MR) is 68.8 cm³/mol. The molecular formula is C12H22F3NOS. The molecule has 0 unspecified atom stereocenters. The number of aliphatic hydroxyl groups is 1. The van der Waals surface area contributed by atoms with Crippen LogP contribution < -0.4 is 5.32 Å². The molecule has 1 aliphatic carbocycles. The Kier molecular flexibility index (Phi) is 6.27. The van der Waals surface area contributed by atoms with Crippen molar-refractivity contribution in [2.75, 3.05) is 12.9 Å². The van der Waals surface area contributed by atoms with E-state index in [4.69, 9.17) is 5.11 Å². The monoisotopic (exact) mass is 285 g/mol. The van der Waals surface area contributed by atoms with Crippen LogP contribution in [-0.2, 0) is 0 Å². The van der Waals surface area contributed by atoms with Crippen molar-refractivity contribution in [3.63, 3.8) is 0 Å². The Morgan fingerprint density at radius 2 is 2.06 bits per heavy atom. The van der Waals surface area contributed by atoms with E-state index in [9.17, 15) is 13.2 Å². The van der Waals surface area contributed by atoms with Crippen molar-refractivity contribution in [2.45, 2.75) is 56.1 Å². The van der Waals surface area contributed by atoms with Crippen LogP contribution >= 0.6 is 11.8 Å². The second-order valence-corrected chi connectivity index (χ2v) is 6.09. The van der Waals surface area contributed by atoms with Gasteiger partial charge in [-0.15, -0.1) is 0 Å². The summed E-state index contributed by atoms with van der Waals surface area (Å²) in [6.07, 6.45) is -0.332. The van der Waals surface area contributed by atoms with E-state index in [1.165, 1.54) is 11.8 Å². The molecule has 4 atom stereocenters. The molecule has 0 aromatic carbocycles. The molecule has 1 aliphatic rings. The second kappa shape index (κ2) is 7.01. The minimum absolute atomic E-state index is 0.0296. The van der Waals surface area contributed by atoms with E-state index >= 15 is 0 Å². The van der Waals surface area contributed by atoms with Gasteiger partial charge in [-0.1, -0.05) is 6.42 Å². The summed E-state index contributed by atoms with van der Waals surface area (Å²) in [6, 6.07) is -0.0523. The van der Waals surface area contributed by atoms with E-state index in [1.807, 2.05) is 13.2 Å². The maximum atomic E-state index is 12.7. The smallest absolute Gasteiger partial charge is 0.391 e. The van der Waals surface area contributed by atoms with Crippen molar-refractivity contribution < 1.29 is 18.3 Å². The fraction of sp³-hybridized carbons (Fsp3) is 1.00. The predicted octanol–water partition coefficient (Wildman–Crippen LogP) is 2.81. The van der Waals surface area contributed by atoms with Crippen molar-refractivity contribution in [1.82, 2.24) is 5.32 Å². The lowest BCUT2D eigenvalue weighted by atomic mass is 9.85. The summed E-state index contributed by atoms with van der Waals surface area (Å²) in [5.41, 5.74) is 0. The Balaban J connectivity index is 2.47. The number of halogens is 3. The van der Waals surface area contributed by atoms with Crippen LogP contribution in [0.4, 0.5) is 13.2 Å². The molecule has 0 spiro atoms. The van der Waals surface area contributed by atoms with Crippen molar-refractivity contribution in [3.8, 4) is 0 Å². The zero-order valence-corrected chi connectivity index (χ0v) is 11.7. The lowest BCUT2D eigenvalue weighted by molar-refractivity contribution is -0.183. The highest BCUT2D eigenvalue weighted by Gasteiger charge is 2.42. The topological polar surface area (TPSA) is 32.3 Å². The van der Waals surface area contributed by atoms with Crippen LogP contribution in [0.3, 0.4) is 0 Å². The highest BCUT2D eigenvalue weighted by Crippen LogP contribution is 2.37. The minimum Gasteiger partial charge on any atom is -0.395 e. The van der Waals surface area contributed by atoms with Gasteiger partial charge in [0.1, 0.15) is 0 Å². The SMILES string of the molecule is CS[C@H](CO)[C@H](C)N[C@@H]1CCC[C@H](C(F)(F)F)C1. The second-order valence-electron chi connectivity index (χ2n) is 5.01. The molecule has 0 radical (unpaired) electrons. The fourth-order valence-corrected chi connectivity index (χ4v) is 3.19. The van der Waals surface area contributed by atoms with E-state index in [1.54, 1.807) is 0 Å². The zero-order valence-electron chi connectivity index (χ0n) is 10.8. The third kappa shape index (κ3) is 4.63. The normalized spacial score (nSPS) is 29.0. The Morgan fingerprint density at radius 1 is 1.39 bits per heavy atom. The third-order valence-electron chi connectivity index (χ3n) is 3.68. The summed E-state index contributed by atoms with van der Waals surface area (Å²) >= 11 is 1.54. The molecule has 2 N–H and O–H groups in total. The van der Waals surface area contributed by atoms with Crippen LogP contribution in [0, 0.1) is 5.92 Å². The zero-order chi connectivity index (χ0) is 13.8. The van der Waals surface area contributed by atoms with Gasteiger partial charge >= 0.3 is 6.18 Å². The van der Waals surface area contributed by atoms with Crippen LogP contribution in [-0.4, -0.2) is 41.5 Å². The average molecular weight is 285 g/mol. The summed E-state index contributed by atoms with van der Waals surface area (Å²) in [6.45, 7) is 1.97. The number of hydrogen-bond acceptors (Lipinski definition) is 3. The first-order valence-electron chi connectivity index (χ1n) is 6.35. The highest BCUT2D eigenvalue weighted by atomic mass is 32.2. The van der Waals surface area contributed by atoms with Gasteiger partial charge in [-0.2, -0.15) is 24.9 Å². The maximum Gasteiger partial charge on any atom is 0.391 e. The standard InChI is InChI=1S/C12H22F3NOS/c1-8(11(7-17)18-2)16-10-5-3-4-9(6-10)12(13,14)15/h8-11,16-17H,3-7H2,1-2H3/t8-,9-,10+,11+/m0/s1. The molecule has 108 valence electrons. The number of thioether (sulfide) groups is 1. The summed E-state index contributed by atoms with van der Waals surface area (Å²) in [5.74, 6) is -1.17. The Morgan fingerprint density at radius 3 is 2.56 bits per heavy atom. The molecule has 0 aromatic rings. The largest absolute Gasteiger partial charge is 0.395 e. The first-order chi connectivity index (χ1) is 8.38. The third-order valence-corrected chi connectivity index (χ3v) is 4.84. The Hall–Kier alpha value is 0.0600. The van der Waals surface area contributed by atoms with Gasteiger partial charge < -0.3 is 10.4 Å². The van der Waals surface area contributed by atoms with Gasteiger partial charge in [0.25, 0.3) is 0 Å². The first kappa shape index (κ1) is 16.1. The molecule has 1 fully saturated rings. The number of alkyl halides is 3. The van der Waals surface area contributed by atoms with E-state index < -0.39 is 12.1 Å². The van der Waals surface area contributed by atoms with E-state index in [2.05, 4.69) is 5.32 Å². The first-order valence-corrected chi connectivity index (χ1v) is 7.63. The van der Waals surface area contributed by atoms with Crippen LogP contribution in [0.25, 0.3) is 0 Å². The molecular weight excluding hydrogens is 263 g/mol. The summed E-state index contributed by atoms with van der Waals surface area (Å²) in [4.78, 5) is 0. The molecule has 0 bridgehead atoms. The maximum absolute atomic E-state index is 12.7. The summed E-state index contributed by atoms with van der Waals surface area (Å²) in [5, 5.41) is 12.4. The Labute approximate surface area is 111 Å². The lowest BCUT2D eigenvalue weighted by Crippen LogP contribution is -2.47. The lowest BCUT2D eigenvalue weighted by Gasteiger charge is -2.34. The van der Waals surface area contributed by atoms with Crippen molar-refractivity contribution in [1.29, 1.82) is 0 Å². The van der Waals surface area contributed by atoms with Gasteiger partial charge in [0.15, 0.2) is 0 Å². The number of aliphatic hydroxyl groups excluding tert-OH is 1. The van der Waals surface area contributed by atoms with Crippen molar-refractivity contribution in [2.24, 2.45) is 5.92 Å². The van der Waals surface area contributed by atoms with Crippen LogP contribution in [0.2, 0.25) is 0 Å². The molecule has 18 heavy (non-hydrogen) atoms. The fourth-order valence-electron chi connectivity index (χ4n) is 2.55. The molecule has 6 heteroatoms. The molecule has 0 saturated heterocycles. The van der Waals surface area contributed by atoms with E-state index in [0.717, 1.165) is 6.42 Å². The van der Waals surface area contributed by atoms with Gasteiger partial charge in [0.2, 0.25) is 0 Å². The van der Waals surface area contributed by atoms with Crippen LogP contribution in [0.15, 0.2) is 0 Å². The highest BCUT2D eigenvalue weighted by molar-refractivity contribution is 7.99. The van der Waals surface area contributed by atoms with Crippen molar-refractivity contribution >= 4 is 11.8 Å².